The van der Waals surface area contributed by atoms with E-state index in [2.05, 4.69) is 0 Å². The van der Waals surface area contributed by atoms with Crippen LogP contribution >= 0.6 is 0 Å². The molecule has 1 rings (SSSR count). The third kappa shape index (κ3) is 7.66. The second-order valence-electron chi connectivity index (χ2n) is 5.66. The van der Waals surface area contributed by atoms with Crippen molar-refractivity contribution in [1.29, 1.82) is 0 Å². The normalized spacial score (nSPS) is 20.4. The maximum absolute atomic E-state index is 11.5. The maximum atomic E-state index is 11.5. The Labute approximate surface area is 120 Å². The molecular formula is C12H23NO6S. The Morgan fingerprint density at radius 3 is 2.60 bits per heavy atom. The summed E-state index contributed by atoms with van der Waals surface area (Å²) in [6, 6.07) is 0. The number of nitrogens with one attached hydrogen (secondary N) is 1. The molecule has 1 unspecified atom stereocenters. The Bertz CT molecular complexity index is 408. The molecule has 0 bridgehead atoms. The molecule has 0 aromatic heterocycles. The van der Waals surface area contributed by atoms with Crippen LogP contribution in [-0.2, 0) is 24.0 Å². The summed E-state index contributed by atoms with van der Waals surface area (Å²) in [5.74, 6) is 0. The molecule has 7 nitrogen and oxygen atoms in total. The Morgan fingerprint density at radius 1 is 1.35 bits per heavy atom. The standard InChI is InChI=1S/C12H23NO6S/c1-12(2,3)19-11(14)13-20(15,16)18-9-7-10-6-4-5-8-17-10/h10H,4-9H2,1-3H3,(H,13,14). The molecule has 1 fully saturated rings. The zero-order valence-electron chi connectivity index (χ0n) is 12.2. The fourth-order valence-electron chi connectivity index (χ4n) is 1.75. The minimum atomic E-state index is -4.13. The van der Waals surface area contributed by atoms with Crippen molar-refractivity contribution in [2.24, 2.45) is 0 Å². The van der Waals surface area contributed by atoms with Crippen LogP contribution in [0.4, 0.5) is 4.79 Å². The molecule has 8 heteroatoms. The summed E-state index contributed by atoms with van der Waals surface area (Å²) < 4.78 is 39.7. The zero-order chi connectivity index (χ0) is 15.2. The lowest BCUT2D eigenvalue weighted by Crippen LogP contribution is -2.37. The van der Waals surface area contributed by atoms with Gasteiger partial charge in [0.15, 0.2) is 0 Å². The molecule has 1 atom stereocenters. The first-order chi connectivity index (χ1) is 9.18. The Balaban J connectivity index is 2.28. The summed E-state index contributed by atoms with van der Waals surface area (Å²) in [5.41, 5.74) is -0.768. The lowest BCUT2D eigenvalue weighted by molar-refractivity contribution is 0.00437. The van der Waals surface area contributed by atoms with Crippen LogP contribution in [0.15, 0.2) is 0 Å². The van der Waals surface area contributed by atoms with E-state index in [0.717, 1.165) is 19.3 Å². The average Bonchev–Trinajstić information content (AvgIpc) is 2.26. The minimum Gasteiger partial charge on any atom is -0.443 e. The third-order valence-corrected chi connectivity index (χ3v) is 3.45. The molecule has 118 valence electrons. The van der Waals surface area contributed by atoms with Crippen LogP contribution in [0, 0.1) is 0 Å². The quantitative estimate of drug-likeness (QED) is 0.831. The topological polar surface area (TPSA) is 90.9 Å². The largest absolute Gasteiger partial charge is 0.443 e. The SMILES string of the molecule is CC(C)(C)OC(=O)NS(=O)(=O)OCCC1CCCCO1. The van der Waals surface area contributed by atoms with Crippen molar-refractivity contribution < 1.29 is 26.9 Å². The number of rotatable bonds is 5. The van der Waals surface area contributed by atoms with E-state index in [1.54, 1.807) is 25.5 Å². The van der Waals surface area contributed by atoms with Gasteiger partial charge in [-0.15, -0.1) is 0 Å². The highest BCUT2D eigenvalue weighted by atomic mass is 32.2. The van der Waals surface area contributed by atoms with Crippen molar-refractivity contribution in [1.82, 2.24) is 4.72 Å². The van der Waals surface area contributed by atoms with Crippen molar-refractivity contribution in [3.63, 3.8) is 0 Å². The van der Waals surface area contributed by atoms with E-state index < -0.39 is 22.0 Å². The van der Waals surface area contributed by atoms with Crippen LogP contribution in [0.1, 0.15) is 46.5 Å². The molecule has 0 aromatic rings. The lowest BCUT2D eigenvalue weighted by Gasteiger charge is -2.22. The summed E-state index contributed by atoms with van der Waals surface area (Å²) in [5, 5.41) is 0. The Kier molecular flexibility index (Phi) is 6.22. The number of hydrogen-bond acceptors (Lipinski definition) is 6. The third-order valence-electron chi connectivity index (χ3n) is 2.56. The highest BCUT2D eigenvalue weighted by Crippen LogP contribution is 2.15. The van der Waals surface area contributed by atoms with Gasteiger partial charge in [-0.1, -0.05) is 0 Å². The van der Waals surface area contributed by atoms with Gasteiger partial charge in [-0.2, -0.15) is 13.1 Å². The summed E-state index contributed by atoms with van der Waals surface area (Å²) >= 11 is 0. The van der Waals surface area contributed by atoms with Gasteiger partial charge in [-0.3, -0.25) is 4.18 Å². The van der Waals surface area contributed by atoms with Crippen LogP contribution in [0.25, 0.3) is 0 Å². The molecule has 0 radical (unpaired) electrons. The highest BCUT2D eigenvalue weighted by molar-refractivity contribution is 7.85. The molecule has 0 aromatic carbocycles. The summed E-state index contributed by atoms with van der Waals surface area (Å²) in [6.45, 7) is 5.60. The molecule has 0 saturated carbocycles. The fourth-order valence-corrected chi connectivity index (χ4v) is 2.38. The monoisotopic (exact) mass is 309 g/mol. The molecule has 1 aliphatic rings. The first-order valence-electron chi connectivity index (χ1n) is 6.70. The van der Waals surface area contributed by atoms with Gasteiger partial charge in [0, 0.05) is 6.61 Å². The van der Waals surface area contributed by atoms with Crippen LogP contribution in [-0.4, -0.2) is 39.4 Å². The van der Waals surface area contributed by atoms with E-state index in [9.17, 15) is 13.2 Å². The van der Waals surface area contributed by atoms with Gasteiger partial charge in [0.25, 0.3) is 0 Å². The van der Waals surface area contributed by atoms with Crippen molar-refractivity contribution in [3.05, 3.63) is 0 Å². The number of hydrogen-bond donors (Lipinski definition) is 1. The number of carbonyl (C=O) groups is 1. The molecule has 1 aliphatic heterocycles. The van der Waals surface area contributed by atoms with Gasteiger partial charge in [0.1, 0.15) is 5.60 Å². The van der Waals surface area contributed by atoms with Crippen LogP contribution < -0.4 is 4.72 Å². The Morgan fingerprint density at radius 2 is 2.05 bits per heavy atom. The smallest absolute Gasteiger partial charge is 0.423 e. The van der Waals surface area contributed by atoms with Crippen LogP contribution in [0.2, 0.25) is 0 Å². The predicted octanol–water partition coefficient (Wildman–Crippen LogP) is 1.73. The molecule has 1 amide bonds. The first-order valence-corrected chi connectivity index (χ1v) is 8.10. The summed E-state index contributed by atoms with van der Waals surface area (Å²) in [7, 11) is -4.13. The summed E-state index contributed by atoms with van der Waals surface area (Å²) in [4.78, 5) is 11.3. The molecule has 20 heavy (non-hydrogen) atoms. The van der Waals surface area contributed by atoms with E-state index in [4.69, 9.17) is 13.7 Å². The van der Waals surface area contributed by atoms with Gasteiger partial charge in [0.05, 0.1) is 12.7 Å². The van der Waals surface area contributed by atoms with E-state index in [1.165, 1.54) is 0 Å². The minimum absolute atomic E-state index is 0.0250. The van der Waals surface area contributed by atoms with Gasteiger partial charge in [-0.05, 0) is 46.5 Å². The predicted molar refractivity (Wildman–Crippen MR) is 72.4 cm³/mol. The van der Waals surface area contributed by atoms with E-state index in [-0.39, 0.29) is 12.7 Å². The maximum Gasteiger partial charge on any atom is 0.423 e. The molecule has 1 saturated heterocycles. The molecule has 0 aliphatic carbocycles. The van der Waals surface area contributed by atoms with Crippen LogP contribution in [0.5, 0.6) is 0 Å². The van der Waals surface area contributed by atoms with Gasteiger partial charge in [-0.25, -0.2) is 4.79 Å². The second-order valence-corrected chi connectivity index (χ2v) is 7.01. The van der Waals surface area contributed by atoms with Crippen molar-refractivity contribution in [3.8, 4) is 0 Å². The Hall–Kier alpha value is -0.860. The van der Waals surface area contributed by atoms with Crippen molar-refractivity contribution in [2.45, 2.75) is 58.2 Å². The van der Waals surface area contributed by atoms with E-state index >= 15 is 0 Å². The lowest BCUT2D eigenvalue weighted by atomic mass is 10.1. The van der Waals surface area contributed by atoms with Crippen molar-refractivity contribution in [2.75, 3.05) is 13.2 Å². The van der Waals surface area contributed by atoms with Gasteiger partial charge >= 0.3 is 16.4 Å². The van der Waals surface area contributed by atoms with E-state index in [0.29, 0.717) is 13.0 Å². The zero-order valence-corrected chi connectivity index (χ0v) is 13.0. The molecule has 0 spiro atoms. The van der Waals surface area contributed by atoms with Gasteiger partial charge in [0.2, 0.25) is 0 Å². The van der Waals surface area contributed by atoms with E-state index in [1.807, 2.05) is 0 Å². The number of carbonyl (C=O) groups excluding carboxylic acids is 1. The molecular weight excluding hydrogens is 286 g/mol. The van der Waals surface area contributed by atoms with Gasteiger partial charge < -0.3 is 9.47 Å². The second kappa shape index (κ2) is 7.24. The number of amides is 1. The molecule has 1 N–H and O–H groups in total. The highest BCUT2D eigenvalue weighted by Gasteiger charge is 2.22. The first kappa shape index (κ1) is 17.2. The average molecular weight is 309 g/mol. The fraction of sp³-hybridized carbons (Fsp3) is 0.917. The summed E-state index contributed by atoms with van der Waals surface area (Å²) in [6.07, 6.45) is 2.48. The molecule has 1 heterocycles. The van der Waals surface area contributed by atoms with Crippen LogP contribution in [0.3, 0.4) is 0 Å². The number of ether oxygens (including phenoxy) is 2. The van der Waals surface area contributed by atoms with Crippen molar-refractivity contribution >= 4 is 16.4 Å².